The molecular weight excluding hydrogens is 206 g/mol. The lowest BCUT2D eigenvalue weighted by Crippen LogP contribution is -2.35. The minimum Gasteiger partial charge on any atom is -0.409 e. The predicted octanol–water partition coefficient (Wildman–Crippen LogP) is 0.871. The zero-order chi connectivity index (χ0) is 11.8. The van der Waals surface area contributed by atoms with E-state index in [0.717, 1.165) is 38.6 Å². The van der Waals surface area contributed by atoms with Crippen LogP contribution < -0.4 is 5.73 Å². The molecule has 0 spiro atoms. The smallest absolute Gasteiger partial charge is 0.139 e. The largest absolute Gasteiger partial charge is 0.409 e. The topological polar surface area (TPSA) is 71.1 Å². The summed E-state index contributed by atoms with van der Waals surface area (Å²) in [5.41, 5.74) is 5.42. The van der Waals surface area contributed by atoms with Crippen molar-refractivity contribution in [3.05, 3.63) is 0 Å². The van der Waals surface area contributed by atoms with Gasteiger partial charge >= 0.3 is 0 Å². The number of methoxy groups -OCH3 is 1. The maximum atomic E-state index is 8.40. The monoisotopic (exact) mass is 229 g/mol. The van der Waals surface area contributed by atoms with Crippen molar-refractivity contribution in [1.82, 2.24) is 4.90 Å². The van der Waals surface area contributed by atoms with Gasteiger partial charge in [-0.3, -0.25) is 0 Å². The maximum absolute atomic E-state index is 8.40. The summed E-state index contributed by atoms with van der Waals surface area (Å²) in [4.78, 5) is 2.44. The van der Waals surface area contributed by atoms with Crippen molar-refractivity contribution in [1.29, 1.82) is 0 Å². The molecule has 0 aromatic carbocycles. The quantitative estimate of drug-likeness (QED) is 0.307. The Labute approximate surface area is 97.2 Å². The van der Waals surface area contributed by atoms with Gasteiger partial charge in [-0.2, -0.15) is 0 Å². The summed E-state index contributed by atoms with van der Waals surface area (Å²) in [5, 5.41) is 11.4. The molecule has 0 aliphatic carbocycles. The van der Waals surface area contributed by atoms with E-state index in [9.17, 15) is 0 Å². The van der Waals surface area contributed by atoms with Gasteiger partial charge < -0.3 is 20.6 Å². The first-order chi connectivity index (χ1) is 7.76. The van der Waals surface area contributed by atoms with Crippen LogP contribution in [-0.2, 0) is 4.74 Å². The molecule has 0 amide bonds. The molecule has 94 valence electrons. The molecule has 3 N–H and O–H groups in total. The highest BCUT2D eigenvalue weighted by Gasteiger charge is 2.18. The van der Waals surface area contributed by atoms with E-state index in [4.69, 9.17) is 15.7 Å². The minimum atomic E-state index is 0.328. The highest BCUT2D eigenvalue weighted by Crippen LogP contribution is 2.17. The Balaban J connectivity index is 2.08. The number of amidine groups is 1. The van der Waals surface area contributed by atoms with Crippen molar-refractivity contribution in [3.63, 3.8) is 0 Å². The van der Waals surface area contributed by atoms with Crippen LogP contribution in [0.5, 0.6) is 0 Å². The van der Waals surface area contributed by atoms with E-state index in [-0.39, 0.29) is 0 Å². The van der Waals surface area contributed by atoms with Crippen molar-refractivity contribution >= 4 is 5.84 Å². The fraction of sp³-hybridized carbons (Fsp3) is 0.909. The molecule has 1 aliphatic heterocycles. The van der Waals surface area contributed by atoms with Crippen LogP contribution in [0.2, 0.25) is 0 Å². The lowest BCUT2D eigenvalue weighted by atomic mass is 9.97. The summed E-state index contributed by atoms with van der Waals surface area (Å²) >= 11 is 0. The lowest BCUT2D eigenvalue weighted by molar-refractivity contribution is 0.0993. The number of rotatable bonds is 6. The van der Waals surface area contributed by atoms with Gasteiger partial charge in [-0.25, -0.2) is 0 Å². The molecule has 0 radical (unpaired) electrons. The number of nitrogens with two attached hydrogens (primary N) is 1. The van der Waals surface area contributed by atoms with Gasteiger partial charge in [-0.1, -0.05) is 5.16 Å². The van der Waals surface area contributed by atoms with Crippen molar-refractivity contribution in [2.75, 3.05) is 33.4 Å². The van der Waals surface area contributed by atoms with Crippen LogP contribution in [0.4, 0.5) is 0 Å². The first-order valence-corrected chi connectivity index (χ1v) is 5.94. The van der Waals surface area contributed by atoms with E-state index < -0.39 is 0 Å². The molecule has 1 fully saturated rings. The van der Waals surface area contributed by atoms with E-state index in [2.05, 4.69) is 10.1 Å². The Morgan fingerprint density at radius 2 is 2.19 bits per heavy atom. The third-order valence-corrected chi connectivity index (χ3v) is 3.15. The summed E-state index contributed by atoms with van der Waals surface area (Å²) in [5.74, 6) is 1.06. The summed E-state index contributed by atoms with van der Waals surface area (Å²) in [6, 6.07) is 0. The van der Waals surface area contributed by atoms with Crippen molar-refractivity contribution < 1.29 is 9.94 Å². The highest BCUT2D eigenvalue weighted by atomic mass is 16.5. The van der Waals surface area contributed by atoms with Gasteiger partial charge in [0.25, 0.3) is 0 Å². The van der Waals surface area contributed by atoms with Crippen molar-refractivity contribution in [3.8, 4) is 0 Å². The van der Waals surface area contributed by atoms with Crippen LogP contribution in [0.1, 0.15) is 25.7 Å². The molecule has 1 saturated heterocycles. The molecule has 1 heterocycles. The van der Waals surface area contributed by atoms with Crippen LogP contribution in [0.15, 0.2) is 5.16 Å². The van der Waals surface area contributed by atoms with Gasteiger partial charge in [0.05, 0.1) is 0 Å². The van der Waals surface area contributed by atoms with Crippen molar-refractivity contribution in [2.45, 2.75) is 25.7 Å². The first kappa shape index (κ1) is 13.3. The molecule has 0 aromatic heterocycles. The maximum Gasteiger partial charge on any atom is 0.139 e. The Morgan fingerprint density at radius 3 is 2.75 bits per heavy atom. The Bertz CT molecular complexity index is 213. The second kappa shape index (κ2) is 7.46. The zero-order valence-corrected chi connectivity index (χ0v) is 10.1. The molecule has 16 heavy (non-hydrogen) atoms. The number of piperidine rings is 1. The third-order valence-electron chi connectivity index (χ3n) is 3.15. The number of oxime groups is 1. The van der Waals surface area contributed by atoms with Gasteiger partial charge in [-0.05, 0) is 44.8 Å². The fourth-order valence-corrected chi connectivity index (χ4v) is 2.15. The van der Waals surface area contributed by atoms with Gasteiger partial charge in [0.2, 0.25) is 0 Å². The Kier molecular flexibility index (Phi) is 6.18. The number of likely N-dealkylation sites (tertiary alicyclic amines) is 1. The number of nitrogens with zero attached hydrogens (tertiary/aromatic N) is 2. The second-order valence-electron chi connectivity index (χ2n) is 4.44. The molecule has 5 heteroatoms. The first-order valence-electron chi connectivity index (χ1n) is 5.94. The van der Waals surface area contributed by atoms with Gasteiger partial charge in [0.15, 0.2) is 0 Å². The minimum absolute atomic E-state index is 0.328. The molecule has 1 aliphatic rings. The van der Waals surface area contributed by atoms with Crippen LogP contribution in [-0.4, -0.2) is 49.3 Å². The van der Waals surface area contributed by atoms with Crippen LogP contribution >= 0.6 is 0 Å². The third kappa shape index (κ3) is 4.81. The van der Waals surface area contributed by atoms with E-state index >= 15 is 0 Å². The van der Waals surface area contributed by atoms with E-state index in [0.29, 0.717) is 12.3 Å². The molecule has 1 rings (SSSR count). The van der Waals surface area contributed by atoms with E-state index in [1.54, 1.807) is 7.11 Å². The summed E-state index contributed by atoms with van der Waals surface area (Å²) in [6.45, 7) is 4.21. The van der Waals surface area contributed by atoms with Gasteiger partial charge in [-0.15, -0.1) is 0 Å². The Hall–Kier alpha value is -0.810. The Morgan fingerprint density at radius 1 is 1.50 bits per heavy atom. The number of ether oxygens (including phenoxy) is 1. The van der Waals surface area contributed by atoms with E-state index in [1.807, 2.05) is 0 Å². The standard InChI is InChI=1S/C11H23N3O2/c1-16-9-10-4-7-14(8-5-10)6-2-3-11(12)13-15/h10,15H,2-9H2,1H3,(H2,12,13). The average molecular weight is 229 g/mol. The summed E-state index contributed by atoms with van der Waals surface area (Å²) in [6.07, 6.45) is 4.08. The molecule has 0 aromatic rings. The SMILES string of the molecule is COCC1CCN(CCCC(N)=NO)CC1. The predicted molar refractivity (Wildman–Crippen MR) is 63.7 cm³/mol. The zero-order valence-electron chi connectivity index (χ0n) is 10.1. The van der Waals surface area contributed by atoms with Crippen LogP contribution in [0.3, 0.4) is 0 Å². The van der Waals surface area contributed by atoms with Gasteiger partial charge in [0.1, 0.15) is 5.84 Å². The highest BCUT2D eigenvalue weighted by molar-refractivity contribution is 5.79. The molecule has 0 atom stereocenters. The average Bonchev–Trinajstić information content (AvgIpc) is 2.31. The molecule has 0 saturated carbocycles. The van der Waals surface area contributed by atoms with Crippen LogP contribution in [0.25, 0.3) is 0 Å². The normalized spacial score (nSPS) is 20.2. The molecular formula is C11H23N3O2. The van der Waals surface area contributed by atoms with E-state index in [1.165, 1.54) is 12.8 Å². The second-order valence-corrected chi connectivity index (χ2v) is 4.44. The molecule has 5 nitrogen and oxygen atoms in total. The lowest BCUT2D eigenvalue weighted by Gasteiger charge is -2.31. The van der Waals surface area contributed by atoms with Crippen LogP contribution in [0, 0.1) is 5.92 Å². The number of hydrogen-bond acceptors (Lipinski definition) is 4. The summed E-state index contributed by atoms with van der Waals surface area (Å²) < 4.78 is 5.17. The summed E-state index contributed by atoms with van der Waals surface area (Å²) in [7, 11) is 1.77. The molecule has 0 unspecified atom stereocenters. The van der Waals surface area contributed by atoms with Crippen molar-refractivity contribution in [2.24, 2.45) is 16.8 Å². The number of hydrogen-bond donors (Lipinski definition) is 2. The molecule has 0 bridgehead atoms. The van der Waals surface area contributed by atoms with Gasteiger partial charge in [0, 0.05) is 20.1 Å². The fourth-order valence-electron chi connectivity index (χ4n) is 2.15.